The van der Waals surface area contributed by atoms with Crippen LogP contribution in [0.15, 0.2) is 189 Å². The zero-order valence-corrected chi connectivity index (χ0v) is 55.6. The Morgan fingerprint density at radius 3 is 0.906 bits per heavy atom. The summed E-state index contributed by atoms with van der Waals surface area (Å²) in [6.45, 7) is 15.1. The molecule has 0 aliphatic rings. The molecule has 0 radical (unpaired) electrons. The number of carbonyl (C=O) groups is 7. The van der Waals surface area contributed by atoms with E-state index in [0.29, 0.717) is 117 Å². The number of nitrogens with one attached hydrogen (secondary N) is 1. The first-order valence-corrected chi connectivity index (χ1v) is 32.0. The average Bonchev–Trinajstić information content (AvgIpc) is 0.924. The van der Waals surface area contributed by atoms with Crippen molar-refractivity contribution in [3.05, 3.63) is 222 Å². The van der Waals surface area contributed by atoms with Gasteiger partial charge in [-0.3, -0.25) is 24.0 Å². The van der Waals surface area contributed by atoms with E-state index in [4.69, 9.17) is 42.6 Å². The Morgan fingerprint density at radius 2 is 0.615 bits per heavy atom. The molecular formula is C75H93N3O18. The minimum atomic E-state index is -0.473. The molecule has 6 rings (SSSR count). The van der Waals surface area contributed by atoms with Crippen molar-refractivity contribution in [1.82, 2.24) is 15.1 Å². The van der Waals surface area contributed by atoms with E-state index in [9.17, 15) is 33.6 Å². The van der Waals surface area contributed by atoms with E-state index in [1.54, 1.807) is 72.8 Å². The zero-order chi connectivity index (χ0) is 69.1. The van der Waals surface area contributed by atoms with Crippen molar-refractivity contribution >= 4 is 41.2 Å². The summed E-state index contributed by atoms with van der Waals surface area (Å²) in [5, 5.41) is 3.07. The quantitative estimate of drug-likeness (QED) is 0.0123. The van der Waals surface area contributed by atoms with Crippen molar-refractivity contribution < 1.29 is 85.7 Å². The van der Waals surface area contributed by atoms with Crippen LogP contribution in [0, 0.1) is 0 Å². The molecule has 0 saturated carbocycles. The third kappa shape index (κ3) is 35.9. The Labute approximate surface area is 564 Å². The number of hydrogen-bond donors (Lipinski definition) is 1. The molecule has 0 bridgehead atoms. The van der Waals surface area contributed by atoms with Gasteiger partial charge in [0.25, 0.3) is 0 Å². The van der Waals surface area contributed by atoms with E-state index in [1.807, 2.05) is 112 Å². The van der Waals surface area contributed by atoms with Gasteiger partial charge in [0.2, 0.25) is 0 Å². The lowest BCUT2D eigenvalue weighted by molar-refractivity contribution is -0.147. The predicted octanol–water partition coefficient (Wildman–Crippen LogP) is 9.53. The number of esters is 4. The highest BCUT2D eigenvalue weighted by Crippen LogP contribution is 2.19. The molecule has 0 aromatic heterocycles. The van der Waals surface area contributed by atoms with Gasteiger partial charge in [0.15, 0.2) is 17.3 Å². The maximum atomic E-state index is 12.5. The highest BCUT2D eigenvalue weighted by Gasteiger charge is 2.13. The van der Waals surface area contributed by atoms with Gasteiger partial charge in [-0.15, -0.1) is 0 Å². The standard InChI is InChI=1S/C46H56N2O10.C17H19NO2.C12H18O6/c1-47(25-9-29-55-41-19-15-39(16-20-41)45(51)37-11-5-3-6-12-37)27-23-43(49)57-35-33-53-31-32-54-34-36-58-44(50)24-28-48(2)26-10-30-56-42-21-17-40(18-22-42)46(52)38-13-7-4-8-14-38;1-18-12-5-13-20-16-10-8-15(9-11-16)17(19)14-6-3-2-4-7-14;1-3-11(13)17-9-7-15-5-6-16-8-10-18-12(14)4-2/h3-8,11-22H,9-10,23-36H2,1-2H3;2-4,6-11,18H,5,12-13H2,1H3;3-4H,1-2,5-10H2. The third-order valence-electron chi connectivity index (χ3n) is 13.6. The third-order valence-corrected chi connectivity index (χ3v) is 13.6. The number of ketones is 3. The molecule has 6 aromatic carbocycles. The first kappa shape index (κ1) is 79.2. The summed E-state index contributed by atoms with van der Waals surface area (Å²) >= 11 is 0. The van der Waals surface area contributed by atoms with E-state index in [0.717, 1.165) is 56.8 Å². The Bertz CT molecular complexity index is 2990. The van der Waals surface area contributed by atoms with Crippen LogP contribution in [-0.4, -0.2) is 204 Å². The average molecular weight is 1320 g/mol. The summed E-state index contributed by atoms with van der Waals surface area (Å²) in [4.78, 5) is 86.9. The van der Waals surface area contributed by atoms with E-state index in [1.165, 1.54) is 0 Å². The molecule has 1 N–H and O–H groups in total. The molecule has 0 spiro atoms. The second kappa shape index (κ2) is 50.3. The van der Waals surface area contributed by atoms with Gasteiger partial charge in [0.05, 0.1) is 85.5 Å². The van der Waals surface area contributed by atoms with Crippen LogP contribution in [0.5, 0.6) is 17.2 Å². The number of hydrogen-bond acceptors (Lipinski definition) is 21. The maximum Gasteiger partial charge on any atom is 0.330 e. The van der Waals surface area contributed by atoms with Crippen LogP contribution in [0.1, 0.15) is 79.9 Å². The topological polar surface area (TPSA) is 240 Å². The molecule has 0 unspecified atom stereocenters. The summed E-state index contributed by atoms with van der Waals surface area (Å²) in [6, 6.07) is 49.2. The highest BCUT2D eigenvalue weighted by molar-refractivity contribution is 6.10. The lowest BCUT2D eigenvalue weighted by Gasteiger charge is -2.16. The Kier molecular flexibility index (Phi) is 41.5. The smallest absolute Gasteiger partial charge is 0.330 e. The van der Waals surface area contributed by atoms with Gasteiger partial charge in [0.1, 0.15) is 43.7 Å². The summed E-state index contributed by atoms with van der Waals surface area (Å²) in [6.07, 6.45) is 5.26. The van der Waals surface area contributed by atoms with Crippen molar-refractivity contribution in [2.75, 3.05) is 153 Å². The molecule has 6 aromatic rings. The van der Waals surface area contributed by atoms with Crippen molar-refractivity contribution in [1.29, 1.82) is 0 Å². The van der Waals surface area contributed by atoms with Crippen LogP contribution in [0.25, 0.3) is 0 Å². The number of nitrogens with zero attached hydrogens (tertiary/aromatic N) is 2. The van der Waals surface area contributed by atoms with E-state index < -0.39 is 11.9 Å². The van der Waals surface area contributed by atoms with Crippen molar-refractivity contribution in [2.24, 2.45) is 0 Å². The van der Waals surface area contributed by atoms with Crippen LogP contribution in [-0.2, 0) is 57.1 Å². The molecule has 0 fully saturated rings. The molecule has 516 valence electrons. The Morgan fingerprint density at radius 1 is 0.344 bits per heavy atom. The van der Waals surface area contributed by atoms with Crippen molar-refractivity contribution in [2.45, 2.75) is 32.1 Å². The zero-order valence-electron chi connectivity index (χ0n) is 55.6. The van der Waals surface area contributed by atoms with E-state index >= 15 is 0 Å². The van der Waals surface area contributed by atoms with Crippen LogP contribution in [0.3, 0.4) is 0 Å². The number of carbonyl (C=O) groups excluding carboxylic acids is 7. The molecule has 0 atom stereocenters. The summed E-state index contributed by atoms with van der Waals surface area (Å²) in [5.74, 6) is 0.681. The monoisotopic (exact) mass is 1320 g/mol. The minimum Gasteiger partial charge on any atom is -0.494 e. The number of rotatable bonds is 47. The van der Waals surface area contributed by atoms with Gasteiger partial charge < -0.3 is 67.2 Å². The number of benzene rings is 6. The Balaban J connectivity index is 0.000000416. The molecule has 21 heteroatoms. The maximum absolute atomic E-state index is 12.5. The SMILES string of the molecule is C=CC(=O)OCCOCCOCCOC(=O)C=C.CN(CCCOc1ccc(C(=O)c2ccccc2)cc1)CCC(=O)OCCOCCOCCOC(=O)CCN(C)CCCOc1ccc(C(=O)c2ccccc2)cc1.CNCCCOc1ccc(C(=O)c2ccccc2)cc1. The van der Waals surface area contributed by atoms with Gasteiger partial charge in [-0.1, -0.05) is 104 Å². The normalized spacial score (nSPS) is 10.6. The predicted molar refractivity (Wildman–Crippen MR) is 365 cm³/mol. The van der Waals surface area contributed by atoms with Crippen molar-refractivity contribution in [3.63, 3.8) is 0 Å². The molecule has 0 aliphatic heterocycles. The summed E-state index contributed by atoms with van der Waals surface area (Å²) in [7, 11) is 5.81. The fourth-order valence-electron chi connectivity index (χ4n) is 8.39. The van der Waals surface area contributed by atoms with Crippen LogP contribution >= 0.6 is 0 Å². The van der Waals surface area contributed by atoms with E-state index in [-0.39, 0.29) is 81.8 Å². The largest absolute Gasteiger partial charge is 0.494 e. The molecule has 0 aliphatic carbocycles. The van der Waals surface area contributed by atoms with Crippen LogP contribution < -0.4 is 19.5 Å². The lowest BCUT2D eigenvalue weighted by atomic mass is 10.0. The summed E-state index contributed by atoms with van der Waals surface area (Å²) < 4.78 is 58.3. The minimum absolute atomic E-state index is 0.0222. The van der Waals surface area contributed by atoms with E-state index in [2.05, 4.69) is 37.7 Å². The molecule has 0 saturated heterocycles. The molecule has 21 nitrogen and oxygen atoms in total. The second-order valence-corrected chi connectivity index (χ2v) is 21.1. The van der Waals surface area contributed by atoms with Crippen LogP contribution in [0.4, 0.5) is 0 Å². The van der Waals surface area contributed by atoms with Crippen LogP contribution in [0.2, 0.25) is 0 Å². The molecule has 0 amide bonds. The fourth-order valence-corrected chi connectivity index (χ4v) is 8.39. The number of ether oxygens (including phenoxy) is 11. The molecule has 0 heterocycles. The highest BCUT2D eigenvalue weighted by atomic mass is 16.6. The van der Waals surface area contributed by atoms with Gasteiger partial charge in [-0.2, -0.15) is 0 Å². The summed E-state index contributed by atoms with van der Waals surface area (Å²) in [5.41, 5.74) is 3.92. The van der Waals surface area contributed by atoms with Gasteiger partial charge in [0, 0.05) is 71.7 Å². The van der Waals surface area contributed by atoms with Gasteiger partial charge in [-0.05, 0) is 120 Å². The van der Waals surface area contributed by atoms with Gasteiger partial charge in [-0.25, -0.2) is 9.59 Å². The molecule has 96 heavy (non-hydrogen) atoms. The first-order chi connectivity index (χ1) is 46.8. The lowest BCUT2D eigenvalue weighted by Crippen LogP contribution is -2.25. The first-order valence-electron chi connectivity index (χ1n) is 32.0. The van der Waals surface area contributed by atoms with Gasteiger partial charge >= 0.3 is 23.9 Å². The fraction of sp³-hybridized carbons (Fsp3) is 0.373. The molecular weight excluding hydrogens is 1230 g/mol. The second-order valence-electron chi connectivity index (χ2n) is 21.1. The van der Waals surface area contributed by atoms with Crippen molar-refractivity contribution in [3.8, 4) is 17.2 Å². The Hall–Kier alpha value is -9.19.